The Morgan fingerprint density at radius 3 is 2.85 bits per heavy atom. The maximum atomic E-state index is 13.4. The lowest BCUT2D eigenvalue weighted by atomic mass is 10.2. The minimum absolute atomic E-state index is 0.0115. The van der Waals surface area contributed by atoms with Crippen molar-refractivity contribution in [2.45, 2.75) is 12.8 Å². The van der Waals surface area contributed by atoms with E-state index in [-0.39, 0.29) is 5.02 Å². The molecular formula is C19H16ClFN4O2. The number of halogens is 2. The smallest absolute Gasteiger partial charge is 0.211 e. The zero-order valence-corrected chi connectivity index (χ0v) is 15.0. The van der Waals surface area contributed by atoms with E-state index >= 15 is 0 Å². The molecule has 8 heteroatoms. The van der Waals surface area contributed by atoms with Crippen LogP contribution in [-0.2, 0) is 4.79 Å². The Labute approximate surface area is 159 Å². The quantitative estimate of drug-likeness (QED) is 0.584. The molecule has 0 radical (unpaired) electrons. The van der Waals surface area contributed by atoms with Gasteiger partial charge in [0, 0.05) is 17.1 Å². The van der Waals surface area contributed by atoms with Gasteiger partial charge in [-0.1, -0.05) is 11.6 Å². The molecule has 1 fully saturated rings. The van der Waals surface area contributed by atoms with Gasteiger partial charge >= 0.3 is 0 Å². The highest BCUT2D eigenvalue weighted by atomic mass is 35.5. The van der Waals surface area contributed by atoms with Gasteiger partial charge in [0.2, 0.25) is 6.41 Å². The van der Waals surface area contributed by atoms with Gasteiger partial charge < -0.3 is 15.4 Å². The van der Waals surface area contributed by atoms with Gasteiger partial charge in [0.1, 0.15) is 23.7 Å². The third-order valence-corrected chi connectivity index (χ3v) is 4.59. The monoisotopic (exact) mass is 386 g/mol. The van der Waals surface area contributed by atoms with Gasteiger partial charge in [0.15, 0.2) is 0 Å². The summed E-state index contributed by atoms with van der Waals surface area (Å²) in [5.41, 5.74) is 1.77. The van der Waals surface area contributed by atoms with E-state index in [1.807, 2.05) is 0 Å². The number of hydrogen-bond acceptors (Lipinski definition) is 5. The Bertz CT molecular complexity index is 1010. The van der Waals surface area contributed by atoms with Gasteiger partial charge in [-0.05, 0) is 43.0 Å². The fourth-order valence-corrected chi connectivity index (χ4v) is 2.86. The second kappa shape index (κ2) is 7.36. The van der Waals surface area contributed by atoms with Crippen molar-refractivity contribution >= 4 is 46.1 Å². The molecular weight excluding hydrogens is 371 g/mol. The molecule has 0 spiro atoms. The van der Waals surface area contributed by atoms with Crippen LogP contribution in [0.5, 0.6) is 5.75 Å². The Hall–Kier alpha value is -2.93. The van der Waals surface area contributed by atoms with Crippen LogP contribution in [0.15, 0.2) is 36.7 Å². The Kier molecular flexibility index (Phi) is 4.77. The normalized spacial score (nSPS) is 13.4. The molecule has 1 saturated carbocycles. The van der Waals surface area contributed by atoms with Crippen LogP contribution in [-0.4, -0.2) is 23.0 Å². The largest absolute Gasteiger partial charge is 0.491 e. The summed E-state index contributed by atoms with van der Waals surface area (Å²) in [7, 11) is 0. The fourth-order valence-electron chi connectivity index (χ4n) is 2.68. The molecule has 1 aromatic heterocycles. The van der Waals surface area contributed by atoms with Crippen LogP contribution in [0, 0.1) is 11.7 Å². The summed E-state index contributed by atoms with van der Waals surface area (Å²) in [6.45, 7) is 0.614. The van der Waals surface area contributed by atoms with E-state index in [9.17, 15) is 9.18 Å². The third kappa shape index (κ3) is 3.93. The molecule has 3 aromatic rings. The maximum absolute atomic E-state index is 13.4. The number of anilines is 3. The lowest BCUT2D eigenvalue weighted by Crippen LogP contribution is -2.04. The highest BCUT2D eigenvalue weighted by Crippen LogP contribution is 2.35. The molecule has 2 aromatic carbocycles. The van der Waals surface area contributed by atoms with Crippen LogP contribution < -0.4 is 15.4 Å². The number of carbonyl (C=O) groups is 1. The van der Waals surface area contributed by atoms with Crippen molar-refractivity contribution in [2.24, 2.45) is 5.92 Å². The molecule has 4 rings (SSSR count). The van der Waals surface area contributed by atoms with Crippen LogP contribution in [0.2, 0.25) is 5.02 Å². The Morgan fingerprint density at radius 1 is 1.26 bits per heavy atom. The first-order chi connectivity index (χ1) is 13.1. The predicted octanol–water partition coefficient (Wildman–Crippen LogP) is 4.52. The second-order valence-electron chi connectivity index (χ2n) is 6.36. The SMILES string of the molecule is O=CNc1cc2c(Nc3ccc(F)c(Cl)c3)ncnc2cc1OCC1CC1. The van der Waals surface area contributed by atoms with Gasteiger partial charge in [0.25, 0.3) is 0 Å². The highest BCUT2D eigenvalue weighted by molar-refractivity contribution is 6.31. The predicted molar refractivity (Wildman–Crippen MR) is 102 cm³/mol. The van der Waals surface area contributed by atoms with Crippen molar-refractivity contribution in [1.82, 2.24) is 9.97 Å². The number of carbonyl (C=O) groups excluding carboxylic acids is 1. The topological polar surface area (TPSA) is 76.1 Å². The van der Waals surface area contributed by atoms with Crippen molar-refractivity contribution in [3.63, 3.8) is 0 Å². The summed E-state index contributed by atoms with van der Waals surface area (Å²) in [5, 5.41) is 6.46. The van der Waals surface area contributed by atoms with Crippen LogP contribution in [0.4, 0.5) is 21.6 Å². The van der Waals surface area contributed by atoms with E-state index in [0.29, 0.717) is 52.8 Å². The molecule has 0 bridgehead atoms. The summed E-state index contributed by atoms with van der Waals surface area (Å²) in [6.07, 6.45) is 4.36. The number of aromatic nitrogens is 2. The van der Waals surface area contributed by atoms with Gasteiger partial charge in [-0.25, -0.2) is 14.4 Å². The van der Waals surface area contributed by atoms with Crippen molar-refractivity contribution in [1.29, 1.82) is 0 Å². The minimum atomic E-state index is -0.496. The molecule has 0 atom stereocenters. The summed E-state index contributed by atoms with van der Waals surface area (Å²) in [5.74, 6) is 1.15. The van der Waals surface area contributed by atoms with Crippen LogP contribution in [0.25, 0.3) is 10.9 Å². The molecule has 0 unspecified atom stereocenters. The Balaban J connectivity index is 1.70. The average Bonchev–Trinajstić information content (AvgIpc) is 3.48. The highest BCUT2D eigenvalue weighted by Gasteiger charge is 2.22. The Morgan fingerprint density at radius 2 is 2.11 bits per heavy atom. The maximum Gasteiger partial charge on any atom is 0.211 e. The van der Waals surface area contributed by atoms with E-state index in [1.165, 1.54) is 31.3 Å². The van der Waals surface area contributed by atoms with Crippen molar-refractivity contribution in [3.8, 4) is 5.75 Å². The van der Waals surface area contributed by atoms with Gasteiger partial charge in [-0.2, -0.15) is 0 Å². The summed E-state index contributed by atoms with van der Waals surface area (Å²) < 4.78 is 19.2. The number of rotatable bonds is 7. The third-order valence-electron chi connectivity index (χ3n) is 4.30. The molecule has 1 aliphatic carbocycles. The molecule has 138 valence electrons. The van der Waals surface area contributed by atoms with E-state index in [4.69, 9.17) is 16.3 Å². The first-order valence-corrected chi connectivity index (χ1v) is 8.85. The number of hydrogen-bond donors (Lipinski definition) is 2. The molecule has 0 aliphatic heterocycles. The summed E-state index contributed by atoms with van der Waals surface area (Å²) >= 11 is 5.84. The second-order valence-corrected chi connectivity index (χ2v) is 6.77. The lowest BCUT2D eigenvalue weighted by Gasteiger charge is -2.14. The standard InChI is InChI=1S/C19H16ClFN4O2/c20-14-5-12(3-4-15(14)21)25-19-13-6-17(24-10-26)18(27-8-11-1-2-11)7-16(13)22-9-23-19/h3-7,9-11H,1-2,8H2,(H,24,26)(H,22,23,25). The van der Waals surface area contributed by atoms with Crippen molar-refractivity contribution in [3.05, 3.63) is 47.5 Å². The summed E-state index contributed by atoms with van der Waals surface area (Å²) in [6, 6.07) is 7.83. The van der Waals surface area contributed by atoms with Crippen LogP contribution in [0.3, 0.4) is 0 Å². The fraction of sp³-hybridized carbons (Fsp3) is 0.211. The zero-order chi connectivity index (χ0) is 18.8. The number of benzene rings is 2. The molecule has 1 aliphatic rings. The van der Waals surface area contributed by atoms with E-state index in [2.05, 4.69) is 20.6 Å². The van der Waals surface area contributed by atoms with Crippen molar-refractivity contribution < 1.29 is 13.9 Å². The average molecular weight is 387 g/mol. The first kappa shape index (κ1) is 17.5. The van der Waals surface area contributed by atoms with E-state index < -0.39 is 5.82 Å². The molecule has 1 heterocycles. The van der Waals surface area contributed by atoms with Gasteiger partial charge in [-0.15, -0.1) is 0 Å². The molecule has 0 saturated heterocycles. The minimum Gasteiger partial charge on any atom is -0.491 e. The molecule has 2 N–H and O–H groups in total. The molecule has 6 nitrogen and oxygen atoms in total. The number of ether oxygens (including phenoxy) is 1. The molecule has 27 heavy (non-hydrogen) atoms. The van der Waals surface area contributed by atoms with E-state index in [0.717, 1.165) is 0 Å². The van der Waals surface area contributed by atoms with E-state index in [1.54, 1.807) is 18.2 Å². The van der Waals surface area contributed by atoms with Crippen LogP contribution in [0.1, 0.15) is 12.8 Å². The number of amides is 1. The molecule has 1 amide bonds. The first-order valence-electron chi connectivity index (χ1n) is 8.48. The zero-order valence-electron chi connectivity index (χ0n) is 14.2. The number of nitrogens with zero attached hydrogens (tertiary/aromatic N) is 2. The van der Waals surface area contributed by atoms with Gasteiger partial charge in [-0.3, -0.25) is 4.79 Å². The van der Waals surface area contributed by atoms with Crippen LogP contribution >= 0.6 is 11.6 Å². The van der Waals surface area contributed by atoms with Gasteiger partial charge in [0.05, 0.1) is 22.8 Å². The number of fused-ring (bicyclic) bond motifs is 1. The number of nitrogens with one attached hydrogen (secondary N) is 2. The summed E-state index contributed by atoms with van der Waals surface area (Å²) in [4.78, 5) is 19.5. The lowest BCUT2D eigenvalue weighted by molar-refractivity contribution is -0.105. The van der Waals surface area contributed by atoms with Crippen molar-refractivity contribution in [2.75, 3.05) is 17.2 Å².